The standard InChI is InChI=1S/C20H24N4O3/c1-2-17(25)24-12-13-27-20(14-24)6-10-23(11-7-20)19(26)15-4-3-5-16-18(15)22-9-8-21-16/h3-5,8-9H,2,6-7,10-14H2,1H3. The lowest BCUT2D eigenvalue weighted by Crippen LogP contribution is -2.58. The molecule has 2 saturated heterocycles. The summed E-state index contributed by atoms with van der Waals surface area (Å²) in [6.45, 7) is 4.97. The lowest BCUT2D eigenvalue weighted by atomic mass is 9.89. The smallest absolute Gasteiger partial charge is 0.256 e. The third-order valence-corrected chi connectivity index (χ3v) is 5.59. The second-order valence-corrected chi connectivity index (χ2v) is 7.22. The molecule has 7 heteroatoms. The van der Waals surface area contributed by atoms with Crippen molar-refractivity contribution in [1.82, 2.24) is 19.8 Å². The molecule has 1 spiro atoms. The van der Waals surface area contributed by atoms with Gasteiger partial charge in [0.1, 0.15) is 5.52 Å². The summed E-state index contributed by atoms with van der Waals surface area (Å²) in [6, 6.07) is 5.51. The number of likely N-dealkylation sites (tertiary alicyclic amines) is 1. The number of benzene rings is 1. The minimum atomic E-state index is -0.321. The van der Waals surface area contributed by atoms with Crippen molar-refractivity contribution < 1.29 is 14.3 Å². The van der Waals surface area contributed by atoms with E-state index in [0.717, 1.165) is 18.4 Å². The Morgan fingerprint density at radius 2 is 1.89 bits per heavy atom. The van der Waals surface area contributed by atoms with Gasteiger partial charge in [0.25, 0.3) is 5.91 Å². The minimum absolute atomic E-state index is 0.0201. The van der Waals surface area contributed by atoms with Crippen molar-refractivity contribution in [3.8, 4) is 0 Å². The number of nitrogens with zero attached hydrogens (tertiary/aromatic N) is 4. The van der Waals surface area contributed by atoms with Gasteiger partial charge in [0.15, 0.2) is 0 Å². The van der Waals surface area contributed by atoms with Crippen molar-refractivity contribution in [3.05, 3.63) is 36.2 Å². The maximum absolute atomic E-state index is 13.1. The number of morpholine rings is 1. The van der Waals surface area contributed by atoms with Crippen molar-refractivity contribution in [2.24, 2.45) is 0 Å². The summed E-state index contributed by atoms with van der Waals surface area (Å²) in [5.74, 6) is 0.152. The molecular formula is C20H24N4O3. The number of hydrogen-bond acceptors (Lipinski definition) is 5. The van der Waals surface area contributed by atoms with Gasteiger partial charge in [-0.3, -0.25) is 19.6 Å². The fraction of sp³-hybridized carbons (Fsp3) is 0.500. The van der Waals surface area contributed by atoms with Crippen molar-refractivity contribution in [3.63, 3.8) is 0 Å². The van der Waals surface area contributed by atoms with Crippen LogP contribution in [-0.4, -0.2) is 70.0 Å². The summed E-state index contributed by atoms with van der Waals surface area (Å²) in [7, 11) is 0. The van der Waals surface area contributed by atoms with Crippen LogP contribution in [0.5, 0.6) is 0 Å². The van der Waals surface area contributed by atoms with Crippen LogP contribution in [0.2, 0.25) is 0 Å². The Morgan fingerprint density at radius 1 is 1.11 bits per heavy atom. The van der Waals surface area contributed by atoms with Gasteiger partial charge in [-0.15, -0.1) is 0 Å². The fourth-order valence-corrected chi connectivity index (χ4v) is 4.04. The molecule has 1 aromatic carbocycles. The first kappa shape index (κ1) is 17.9. The predicted octanol–water partition coefficient (Wildman–Crippen LogP) is 1.87. The van der Waals surface area contributed by atoms with Crippen molar-refractivity contribution in [1.29, 1.82) is 0 Å². The SMILES string of the molecule is CCC(=O)N1CCOC2(CCN(C(=O)c3cccc4nccnc34)CC2)C1. The zero-order chi connectivity index (χ0) is 18.9. The van der Waals surface area contributed by atoms with E-state index < -0.39 is 0 Å². The first-order valence-electron chi connectivity index (χ1n) is 9.53. The quantitative estimate of drug-likeness (QED) is 0.809. The molecule has 0 aliphatic carbocycles. The molecule has 3 heterocycles. The average Bonchev–Trinajstić information content (AvgIpc) is 2.73. The largest absolute Gasteiger partial charge is 0.371 e. The van der Waals surface area contributed by atoms with Crippen LogP contribution < -0.4 is 0 Å². The molecule has 2 aliphatic rings. The van der Waals surface area contributed by atoms with Crippen LogP contribution in [0.4, 0.5) is 0 Å². The lowest BCUT2D eigenvalue weighted by molar-refractivity contribution is -0.157. The number of amides is 2. The van der Waals surface area contributed by atoms with Crippen LogP contribution >= 0.6 is 0 Å². The Kier molecular flexibility index (Phi) is 4.78. The van der Waals surface area contributed by atoms with E-state index in [0.29, 0.717) is 50.3 Å². The van der Waals surface area contributed by atoms with Gasteiger partial charge in [0, 0.05) is 45.0 Å². The third kappa shape index (κ3) is 3.39. The zero-order valence-electron chi connectivity index (χ0n) is 15.6. The van der Waals surface area contributed by atoms with E-state index >= 15 is 0 Å². The van der Waals surface area contributed by atoms with Gasteiger partial charge in [-0.05, 0) is 25.0 Å². The molecular weight excluding hydrogens is 344 g/mol. The van der Waals surface area contributed by atoms with E-state index in [2.05, 4.69) is 9.97 Å². The van der Waals surface area contributed by atoms with Gasteiger partial charge < -0.3 is 14.5 Å². The molecule has 2 fully saturated rings. The molecule has 0 saturated carbocycles. The molecule has 7 nitrogen and oxygen atoms in total. The van der Waals surface area contributed by atoms with Crippen LogP contribution in [0.3, 0.4) is 0 Å². The molecule has 1 aromatic heterocycles. The molecule has 2 aliphatic heterocycles. The number of para-hydroxylation sites is 1. The summed E-state index contributed by atoms with van der Waals surface area (Å²) in [6.07, 6.45) is 5.23. The van der Waals surface area contributed by atoms with Crippen molar-refractivity contribution in [2.45, 2.75) is 31.8 Å². The van der Waals surface area contributed by atoms with Gasteiger partial charge in [0.05, 0.1) is 23.3 Å². The number of piperidine rings is 1. The van der Waals surface area contributed by atoms with Crippen molar-refractivity contribution in [2.75, 3.05) is 32.8 Å². The summed E-state index contributed by atoms with van der Waals surface area (Å²) < 4.78 is 6.08. The number of rotatable bonds is 2. The first-order chi connectivity index (χ1) is 13.1. The van der Waals surface area contributed by atoms with Crippen LogP contribution in [0.1, 0.15) is 36.5 Å². The molecule has 4 rings (SSSR count). The highest BCUT2D eigenvalue weighted by atomic mass is 16.5. The Bertz CT molecular complexity index is 856. The maximum atomic E-state index is 13.1. The monoisotopic (exact) mass is 368 g/mol. The second kappa shape index (κ2) is 7.23. The summed E-state index contributed by atoms with van der Waals surface area (Å²) in [5.41, 5.74) is 1.63. The van der Waals surface area contributed by atoms with E-state index in [-0.39, 0.29) is 17.4 Å². The van der Waals surface area contributed by atoms with E-state index in [9.17, 15) is 9.59 Å². The molecule has 0 radical (unpaired) electrons. The Morgan fingerprint density at radius 3 is 2.67 bits per heavy atom. The molecule has 27 heavy (non-hydrogen) atoms. The van der Waals surface area contributed by atoms with Gasteiger partial charge in [-0.1, -0.05) is 13.0 Å². The second-order valence-electron chi connectivity index (χ2n) is 7.22. The van der Waals surface area contributed by atoms with Crippen LogP contribution in [0.15, 0.2) is 30.6 Å². The normalized spacial score (nSPS) is 19.4. The van der Waals surface area contributed by atoms with Gasteiger partial charge in [0.2, 0.25) is 5.91 Å². The van der Waals surface area contributed by atoms with Gasteiger partial charge in [-0.2, -0.15) is 0 Å². The lowest BCUT2D eigenvalue weighted by Gasteiger charge is -2.47. The number of ether oxygens (including phenoxy) is 1. The Labute approximate surface area is 158 Å². The van der Waals surface area contributed by atoms with Crippen LogP contribution in [-0.2, 0) is 9.53 Å². The molecule has 0 atom stereocenters. The molecule has 0 unspecified atom stereocenters. The first-order valence-corrected chi connectivity index (χ1v) is 9.53. The molecule has 2 aromatic rings. The zero-order valence-corrected chi connectivity index (χ0v) is 15.6. The summed E-state index contributed by atoms with van der Waals surface area (Å²) in [4.78, 5) is 37.5. The molecule has 0 bridgehead atoms. The highest BCUT2D eigenvalue weighted by Crippen LogP contribution is 2.31. The van der Waals surface area contributed by atoms with Crippen molar-refractivity contribution >= 4 is 22.8 Å². The maximum Gasteiger partial charge on any atom is 0.256 e. The summed E-state index contributed by atoms with van der Waals surface area (Å²) >= 11 is 0. The molecule has 0 N–H and O–H groups in total. The van der Waals surface area contributed by atoms with E-state index in [1.165, 1.54) is 0 Å². The van der Waals surface area contributed by atoms with Crippen LogP contribution in [0, 0.1) is 0 Å². The average molecular weight is 368 g/mol. The number of carbonyl (C=O) groups excluding carboxylic acids is 2. The number of aromatic nitrogens is 2. The highest BCUT2D eigenvalue weighted by molar-refractivity contribution is 6.04. The Hall–Kier alpha value is -2.54. The fourth-order valence-electron chi connectivity index (χ4n) is 4.04. The minimum Gasteiger partial charge on any atom is -0.371 e. The Balaban J connectivity index is 1.47. The van der Waals surface area contributed by atoms with E-state index in [1.54, 1.807) is 12.4 Å². The number of hydrogen-bond donors (Lipinski definition) is 0. The topological polar surface area (TPSA) is 75.6 Å². The van der Waals surface area contributed by atoms with Gasteiger partial charge >= 0.3 is 0 Å². The highest BCUT2D eigenvalue weighted by Gasteiger charge is 2.41. The number of carbonyl (C=O) groups is 2. The molecule has 142 valence electrons. The van der Waals surface area contributed by atoms with E-state index in [1.807, 2.05) is 34.9 Å². The predicted molar refractivity (Wildman–Crippen MR) is 100 cm³/mol. The molecule has 2 amide bonds. The summed E-state index contributed by atoms with van der Waals surface area (Å²) in [5, 5.41) is 0. The third-order valence-electron chi connectivity index (χ3n) is 5.59. The number of fused-ring (bicyclic) bond motifs is 1. The van der Waals surface area contributed by atoms with Crippen LogP contribution in [0.25, 0.3) is 11.0 Å². The van der Waals surface area contributed by atoms with E-state index in [4.69, 9.17) is 4.74 Å². The van der Waals surface area contributed by atoms with Gasteiger partial charge in [-0.25, -0.2) is 0 Å².